The third-order valence-electron chi connectivity index (χ3n) is 4.86. The summed E-state index contributed by atoms with van der Waals surface area (Å²) in [4.78, 5) is 18.5. The number of furan rings is 1. The third kappa shape index (κ3) is 3.92. The smallest absolute Gasteiger partial charge is 0.374 e. The Labute approximate surface area is 147 Å². The molecule has 0 aliphatic carbocycles. The van der Waals surface area contributed by atoms with Crippen molar-refractivity contribution in [1.29, 1.82) is 0 Å². The van der Waals surface area contributed by atoms with Gasteiger partial charge in [0, 0.05) is 25.5 Å². The lowest BCUT2D eigenvalue weighted by Crippen LogP contribution is -2.38. The van der Waals surface area contributed by atoms with Gasteiger partial charge in [-0.25, -0.2) is 4.79 Å². The van der Waals surface area contributed by atoms with Crippen molar-refractivity contribution in [2.24, 2.45) is 5.92 Å². The molecule has 7 nitrogen and oxygen atoms in total. The van der Waals surface area contributed by atoms with Crippen LogP contribution in [0, 0.1) is 19.8 Å². The van der Waals surface area contributed by atoms with Crippen molar-refractivity contribution >= 4 is 5.97 Å². The van der Waals surface area contributed by atoms with Crippen molar-refractivity contribution in [3.63, 3.8) is 0 Å². The number of methoxy groups -OCH3 is 1. The number of hydrogen-bond acceptors (Lipinski definition) is 7. The maximum atomic E-state index is 11.8. The summed E-state index contributed by atoms with van der Waals surface area (Å²) in [6.45, 7) is 7.74. The van der Waals surface area contributed by atoms with Crippen LogP contribution in [0.1, 0.15) is 59.4 Å². The lowest BCUT2D eigenvalue weighted by atomic mass is 9.93. The number of ether oxygens (including phenoxy) is 1. The van der Waals surface area contributed by atoms with Crippen LogP contribution in [0.25, 0.3) is 0 Å². The molecule has 2 unspecified atom stereocenters. The quantitative estimate of drug-likeness (QED) is 0.769. The predicted octanol–water partition coefficient (Wildman–Crippen LogP) is 3.08. The fraction of sp³-hybridized carbons (Fsp3) is 0.611. The van der Waals surface area contributed by atoms with Gasteiger partial charge in [0.1, 0.15) is 5.76 Å². The fourth-order valence-electron chi connectivity index (χ4n) is 3.49. The van der Waals surface area contributed by atoms with E-state index in [-0.39, 0.29) is 6.04 Å². The molecule has 1 aliphatic heterocycles. The van der Waals surface area contributed by atoms with E-state index in [1.54, 1.807) is 0 Å². The Morgan fingerprint density at radius 3 is 2.96 bits per heavy atom. The van der Waals surface area contributed by atoms with Gasteiger partial charge in [-0.2, -0.15) is 4.98 Å². The van der Waals surface area contributed by atoms with Gasteiger partial charge in [0.25, 0.3) is 0 Å². The zero-order valence-corrected chi connectivity index (χ0v) is 15.2. The first-order valence-electron chi connectivity index (χ1n) is 8.69. The number of esters is 1. The number of hydrogen-bond donors (Lipinski definition) is 0. The highest BCUT2D eigenvalue weighted by Crippen LogP contribution is 2.30. The number of aromatic nitrogens is 2. The SMILES string of the molecule is COC(=O)c1oc(C(C)N2CCCC(Cc3noc(C)n3)C2)cc1C. The maximum absolute atomic E-state index is 11.8. The number of aryl methyl sites for hydroxylation is 2. The van der Waals surface area contributed by atoms with Crippen molar-refractivity contribution in [3.05, 3.63) is 34.9 Å². The van der Waals surface area contributed by atoms with Crippen LogP contribution in [0.2, 0.25) is 0 Å². The van der Waals surface area contributed by atoms with E-state index in [1.807, 2.05) is 19.9 Å². The summed E-state index contributed by atoms with van der Waals surface area (Å²) in [6, 6.07) is 2.04. The van der Waals surface area contributed by atoms with Crippen LogP contribution in [-0.2, 0) is 11.2 Å². The van der Waals surface area contributed by atoms with Crippen LogP contribution in [-0.4, -0.2) is 41.2 Å². The van der Waals surface area contributed by atoms with Gasteiger partial charge in [-0.3, -0.25) is 4.90 Å². The lowest BCUT2D eigenvalue weighted by molar-refractivity contribution is 0.0554. The standard InChI is InChI=1S/C18H25N3O4/c1-11-8-15(24-17(11)18(22)23-4)12(2)21-7-5-6-14(10-21)9-16-19-13(3)25-20-16/h8,12,14H,5-7,9-10H2,1-4H3. The number of nitrogens with zero attached hydrogens (tertiary/aromatic N) is 3. The first-order chi connectivity index (χ1) is 12.0. The first-order valence-corrected chi connectivity index (χ1v) is 8.69. The van der Waals surface area contributed by atoms with E-state index >= 15 is 0 Å². The first kappa shape index (κ1) is 17.7. The number of carbonyl (C=O) groups is 1. The van der Waals surface area contributed by atoms with Gasteiger partial charge in [-0.15, -0.1) is 0 Å². The van der Waals surface area contributed by atoms with Gasteiger partial charge >= 0.3 is 5.97 Å². The zero-order chi connectivity index (χ0) is 18.0. The molecule has 0 amide bonds. The molecule has 0 spiro atoms. The molecule has 3 rings (SSSR count). The lowest BCUT2D eigenvalue weighted by Gasteiger charge is -2.35. The average Bonchev–Trinajstić information content (AvgIpc) is 3.19. The van der Waals surface area contributed by atoms with Crippen molar-refractivity contribution in [1.82, 2.24) is 15.0 Å². The summed E-state index contributed by atoms with van der Waals surface area (Å²) < 4.78 is 15.6. The van der Waals surface area contributed by atoms with Gasteiger partial charge in [-0.1, -0.05) is 5.16 Å². The summed E-state index contributed by atoms with van der Waals surface area (Å²) in [7, 11) is 1.36. The van der Waals surface area contributed by atoms with Crippen LogP contribution in [0.15, 0.2) is 15.0 Å². The van der Waals surface area contributed by atoms with Crippen LogP contribution >= 0.6 is 0 Å². The van der Waals surface area contributed by atoms with Crippen LogP contribution in [0.4, 0.5) is 0 Å². The van der Waals surface area contributed by atoms with Gasteiger partial charge in [-0.05, 0) is 45.2 Å². The Balaban J connectivity index is 1.67. The van der Waals surface area contributed by atoms with E-state index in [0.29, 0.717) is 17.6 Å². The maximum Gasteiger partial charge on any atom is 0.374 e. The normalized spacial score (nSPS) is 19.8. The molecule has 2 aromatic heterocycles. The van der Waals surface area contributed by atoms with E-state index in [1.165, 1.54) is 7.11 Å². The molecule has 2 atom stereocenters. The summed E-state index contributed by atoms with van der Waals surface area (Å²) >= 11 is 0. The molecule has 2 aromatic rings. The second-order valence-electron chi connectivity index (χ2n) is 6.77. The molecule has 0 saturated carbocycles. The predicted molar refractivity (Wildman–Crippen MR) is 90.2 cm³/mol. The highest BCUT2D eigenvalue weighted by molar-refractivity contribution is 5.87. The molecular formula is C18H25N3O4. The number of rotatable bonds is 5. The van der Waals surface area contributed by atoms with Gasteiger partial charge < -0.3 is 13.7 Å². The van der Waals surface area contributed by atoms with E-state index in [0.717, 1.165) is 49.5 Å². The Hall–Kier alpha value is -2.15. The van der Waals surface area contributed by atoms with Crippen LogP contribution < -0.4 is 0 Å². The van der Waals surface area contributed by atoms with Crippen molar-refractivity contribution in [2.75, 3.05) is 20.2 Å². The summed E-state index contributed by atoms with van der Waals surface area (Å²) in [5.41, 5.74) is 0.810. The van der Waals surface area contributed by atoms with E-state index in [9.17, 15) is 4.79 Å². The molecule has 1 fully saturated rings. The minimum absolute atomic E-state index is 0.104. The number of carbonyl (C=O) groups excluding carboxylic acids is 1. The molecule has 0 bridgehead atoms. The molecule has 0 radical (unpaired) electrons. The molecule has 25 heavy (non-hydrogen) atoms. The van der Waals surface area contributed by atoms with Crippen LogP contribution in [0.3, 0.4) is 0 Å². The highest BCUT2D eigenvalue weighted by atomic mass is 16.5. The zero-order valence-electron chi connectivity index (χ0n) is 15.2. The van der Waals surface area contributed by atoms with E-state index < -0.39 is 5.97 Å². The molecular weight excluding hydrogens is 322 g/mol. The molecule has 0 N–H and O–H groups in total. The van der Waals surface area contributed by atoms with E-state index in [4.69, 9.17) is 13.7 Å². The molecule has 3 heterocycles. The van der Waals surface area contributed by atoms with Gasteiger partial charge in [0.05, 0.1) is 13.2 Å². The molecule has 1 saturated heterocycles. The minimum atomic E-state index is -0.431. The largest absolute Gasteiger partial charge is 0.463 e. The Morgan fingerprint density at radius 1 is 1.48 bits per heavy atom. The van der Waals surface area contributed by atoms with Crippen molar-refractivity contribution < 1.29 is 18.5 Å². The Bertz CT molecular complexity index is 737. The Kier molecular flexibility index (Phi) is 5.22. The number of piperidine rings is 1. The van der Waals surface area contributed by atoms with Crippen molar-refractivity contribution in [3.8, 4) is 0 Å². The molecule has 7 heteroatoms. The second-order valence-corrected chi connectivity index (χ2v) is 6.77. The monoisotopic (exact) mass is 347 g/mol. The van der Waals surface area contributed by atoms with Crippen molar-refractivity contribution in [2.45, 2.75) is 46.1 Å². The number of likely N-dealkylation sites (tertiary alicyclic amines) is 1. The summed E-state index contributed by atoms with van der Waals surface area (Å²) in [5.74, 6) is 2.54. The molecule has 0 aromatic carbocycles. The topological polar surface area (TPSA) is 81.6 Å². The second kappa shape index (κ2) is 7.39. The Morgan fingerprint density at radius 2 is 2.28 bits per heavy atom. The van der Waals surface area contributed by atoms with Gasteiger partial charge in [0.15, 0.2) is 5.82 Å². The van der Waals surface area contributed by atoms with Gasteiger partial charge in [0.2, 0.25) is 11.7 Å². The minimum Gasteiger partial charge on any atom is -0.463 e. The summed E-state index contributed by atoms with van der Waals surface area (Å²) in [5, 5.41) is 4.01. The van der Waals surface area contributed by atoms with E-state index in [2.05, 4.69) is 22.0 Å². The third-order valence-corrected chi connectivity index (χ3v) is 4.86. The highest BCUT2D eigenvalue weighted by Gasteiger charge is 2.28. The van der Waals surface area contributed by atoms with Crippen LogP contribution in [0.5, 0.6) is 0 Å². The average molecular weight is 347 g/mol. The molecule has 1 aliphatic rings. The summed E-state index contributed by atoms with van der Waals surface area (Å²) in [6.07, 6.45) is 3.10. The molecule has 136 valence electrons. The fourth-order valence-corrected chi connectivity index (χ4v) is 3.49.